The van der Waals surface area contributed by atoms with Crippen LogP contribution in [0, 0.1) is 10.8 Å². The Morgan fingerprint density at radius 2 is 1.74 bits per heavy atom. The van der Waals surface area contributed by atoms with Crippen LogP contribution in [0.4, 0.5) is 5.69 Å². The molecule has 0 aliphatic carbocycles. The third kappa shape index (κ3) is 4.12. The molecule has 1 rings (SSSR count). The van der Waals surface area contributed by atoms with Gasteiger partial charge in [0.25, 0.3) is 0 Å². The van der Waals surface area contributed by atoms with Gasteiger partial charge in [-0.15, -0.1) is 0 Å². The Bertz CT molecular complexity index is 434. The zero-order valence-corrected chi connectivity index (χ0v) is 10.2. The topological polar surface area (TPSA) is 153 Å². The summed E-state index contributed by atoms with van der Waals surface area (Å²) in [6.07, 6.45) is -0.939. The molecule has 0 spiro atoms. The summed E-state index contributed by atoms with van der Waals surface area (Å²) in [5, 5.41) is 32.4. The van der Waals surface area contributed by atoms with Gasteiger partial charge in [0.1, 0.15) is 18.5 Å². The van der Waals surface area contributed by atoms with Gasteiger partial charge in [0.15, 0.2) is 11.9 Å². The van der Waals surface area contributed by atoms with Crippen molar-refractivity contribution in [1.29, 1.82) is 10.8 Å². The van der Waals surface area contributed by atoms with Gasteiger partial charge in [-0.05, 0) is 24.3 Å². The fourth-order valence-corrected chi connectivity index (χ4v) is 1.34. The molecule has 1 aromatic rings. The molecule has 104 valence electrons. The molecule has 0 aromatic heterocycles. The van der Waals surface area contributed by atoms with Gasteiger partial charge in [-0.25, -0.2) is 0 Å². The standard InChI is InChI=1S/C11H17N5O3/c12-10(13)16(11(14)15)7-1-3-9(4-2-7)19-6-8(18)5-17/h1-4,8,17-18H,5-6H2,(H3,12,13)(H3,14,15). The van der Waals surface area contributed by atoms with Crippen molar-refractivity contribution < 1.29 is 14.9 Å². The van der Waals surface area contributed by atoms with Crippen LogP contribution in [0.25, 0.3) is 0 Å². The number of rotatable bonds is 5. The Labute approximate surface area is 110 Å². The largest absolute Gasteiger partial charge is 0.491 e. The molecule has 1 unspecified atom stereocenters. The van der Waals surface area contributed by atoms with Crippen LogP contribution < -0.4 is 21.1 Å². The first kappa shape index (κ1) is 14.7. The Morgan fingerprint density at radius 1 is 1.21 bits per heavy atom. The monoisotopic (exact) mass is 267 g/mol. The highest BCUT2D eigenvalue weighted by Gasteiger charge is 2.12. The molecule has 0 saturated carbocycles. The second-order valence-electron chi connectivity index (χ2n) is 3.75. The summed E-state index contributed by atoms with van der Waals surface area (Å²) < 4.78 is 5.22. The van der Waals surface area contributed by atoms with Crippen molar-refractivity contribution in [1.82, 2.24) is 0 Å². The fourth-order valence-electron chi connectivity index (χ4n) is 1.34. The smallest absolute Gasteiger partial charge is 0.200 e. The molecular weight excluding hydrogens is 250 g/mol. The number of ether oxygens (including phenoxy) is 1. The van der Waals surface area contributed by atoms with E-state index < -0.39 is 6.10 Å². The van der Waals surface area contributed by atoms with Gasteiger partial charge < -0.3 is 26.4 Å². The minimum atomic E-state index is -0.939. The molecule has 19 heavy (non-hydrogen) atoms. The van der Waals surface area contributed by atoms with E-state index in [4.69, 9.17) is 37.2 Å². The summed E-state index contributed by atoms with van der Waals surface area (Å²) in [6, 6.07) is 6.31. The maximum Gasteiger partial charge on any atom is 0.200 e. The van der Waals surface area contributed by atoms with Crippen LogP contribution in [0.2, 0.25) is 0 Å². The molecule has 0 fully saturated rings. The highest BCUT2D eigenvalue weighted by atomic mass is 16.5. The second kappa shape index (κ2) is 6.57. The highest BCUT2D eigenvalue weighted by molar-refractivity contribution is 6.14. The van der Waals surface area contributed by atoms with E-state index in [1.165, 1.54) is 0 Å². The van der Waals surface area contributed by atoms with Gasteiger partial charge in [-0.2, -0.15) is 0 Å². The fraction of sp³-hybridized carbons (Fsp3) is 0.273. The van der Waals surface area contributed by atoms with Crippen LogP contribution in [0.1, 0.15) is 0 Å². The first-order chi connectivity index (χ1) is 8.95. The third-order valence-electron chi connectivity index (χ3n) is 2.23. The predicted molar refractivity (Wildman–Crippen MR) is 71.3 cm³/mol. The number of guanidine groups is 2. The molecule has 0 saturated heterocycles. The summed E-state index contributed by atoms with van der Waals surface area (Å²) in [5.41, 5.74) is 11.1. The van der Waals surface area contributed by atoms with Crippen molar-refractivity contribution in [3.8, 4) is 5.75 Å². The number of hydrogen-bond donors (Lipinski definition) is 6. The van der Waals surface area contributed by atoms with Gasteiger partial charge in [0, 0.05) is 0 Å². The molecule has 1 atom stereocenters. The van der Waals surface area contributed by atoms with Gasteiger partial charge in [0.05, 0.1) is 12.3 Å². The average Bonchev–Trinajstić information content (AvgIpc) is 2.36. The number of aliphatic hydroxyl groups is 2. The van der Waals surface area contributed by atoms with Crippen LogP contribution in [-0.2, 0) is 0 Å². The molecule has 0 bridgehead atoms. The summed E-state index contributed by atoms with van der Waals surface area (Å²) in [5.74, 6) is -0.253. The molecule has 0 amide bonds. The van der Waals surface area contributed by atoms with E-state index >= 15 is 0 Å². The van der Waals surface area contributed by atoms with Crippen molar-refractivity contribution in [2.24, 2.45) is 11.5 Å². The number of nitrogens with zero attached hydrogens (tertiary/aromatic N) is 1. The van der Waals surface area contributed by atoms with Gasteiger partial charge in [-0.1, -0.05) is 0 Å². The molecule has 8 nitrogen and oxygen atoms in total. The summed E-state index contributed by atoms with van der Waals surface area (Å²) in [6.45, 7) is -0.403. The van der Waals surface area contributed by atoms with E-state index in [0.717, 1.165) is 4.90 Å². The normalized spacial score (nSPS) is 11.7. The zero-order chi connectivity index (χ0) is 14.4. The number of hydrogen-bond acceptors (Lipinski definition) is 5. The minimum Gasteiger partial charge on any atom is -0.491 e. The van der Waals surface area contributed by atoms with Crippen molar-refractivity contribution in [2.75, 3.05) is 18.1 Å². The van der Waals surface area contributed by atoms with Crippen molar-refractivity contribution in [2.45, 2.75) is 6.10 Å². The van der Waals surface area contributed by atoms with Crippen LogP contribution in [0.5, 0.6) is 5.75 Å². The lowest BCUT2D eigenvalue weighted by Crippen LogP contribution is -2.45. The maximum atomic E-state index is 9.14. The van der Waals surface area contributed by atoms with Crippen LogP contribution in [0.3, 0.4) is 0 Å². The van der Waals surface area contributed by atoms with E-state index in [1.807, 2.05) is 0 Å². The SMILES string of the molecule is N=C(N)N(C(=N)N)c1ccc(OCC(O)CO)cc1. The number of nitrogens with two attached hydrogens (primary N) is 2. The summed E-state index contributed by atoms with van der Waals surface area (Å²) in [4.78, 5) is 1.05. The lowest BCUT2D eigenvalue weighted by Gasteiger charge is -2.20. The predicted octanol–water partition coefficient (Wildman–Crippen LogP) is -0.988. The lowest BCUT2D eigenvalue weighted by molar-refractivity contribution is 0.0536. The highest BCUT2D eigenvalue weighted by Crippen LogP contribution is 2.19. The quantitative estimate of drug-likeness (QED) is 0.297. The number of aliphatic hydroxyl groups excluding tert-OH is 2. The third-order valence-corrected chi connectivity index (χ3v) is 2.23. The Morgan fingerprint density at radius 3 is 2.16 bits per heavy atom. The van der Waals surface area contributed by atoms with Gasteiger partial charge in [-0.3, -0.25) is 15.7 Å². The average molecular weight is 267 g/mol. The Hall–Kier alpha value is -2.32. The molecule has 0 aliphatic rings. The molecule has 1 aromatic carbocycles. The Balaban J connectivity index is 2.75. The van der Waals surface area contributed by atoms with E-state index in [0.29, 0.717) is 11.4 Å². The van der Waals surface area contributed by atoms with Crippen LogP contribution in [-0.4, -0.2) is 41.4 Å². The summed E-state index contributed by atoms with van der Waals surface area (Å²) >= 11 is 0. The zero-order valence-electron chi connectivity index (χ0n) is 10.2. The molecule has 0 aliphatic heterocycles. The van der Waals surface area contributed by atoms with Crippen molar-refractivity contribution >= 4 is 17.6 Å². The molecule has 8 N–H and O–H groups in total. The molecular formula is C11H17N5O3. The molecule has 0 heterocycles. The number of benzene rings is 1. The van der Waals surface area contributed by atoms with E-state index in [2.05, 4.69) is 0 Å². The Kier molecular flexibility index (Phi) is 5.10. The minimum absolute atomic E-state index is 0.0288. The van der Waals surface area contributed by atoms with Crippen LogP contribution in [0.15, 0.2) is 24.3 Å². The summed E-state index contributed by atoms with van der Waals surface area (Å²) in [7, 11) is 0. The van der Waals surface area contributed by atoms with Crippen molar-refractivity contribution in [3.05, 3.63) is 24.3 Å². The van der Waals surface area contributed by atoms with E-state index in [9.17, 15) is 0 Å². The lowest BCUT2D eigenvalue weighted by atomic mass is 10.3. The first-order valence-corrected chi connectivity index (χ1v) is 5.45. The van der Waals surface area contributed by atoms with Gasteiger partial charge in [0.2, 0.25) is 0 Å². The van der Waals surface area contributed by atoms with Crippen LogP contribution >= 0.6 is 0 Å². The molecule has 8 heteroatoms. The second-order valence-corrected chi connectivity index (χ2v) is 3.75. The first-order valence-electron chi connectivity index (χ1n) is 5.45. The van der Waals surface area contributed by atoms with E-state index in [-0.39, 0.29) is 25.1 Å². The maximum absolute atomic E-state index is 9.14. The molecule has 0 radical (unpaired) electrons. The van der Waals surface area contributed by atoms with E-state index in [1.54, 1.807) is 24.3 Å². The number of anilines is 1. The number of nitrogens with one attached hydrogen (secondary N) is 2. The van der Waals surface area contributed by atoms with Crippen molar-refractivity contribution in [3.63, 3.8) is 0 Å². The van der Waals surface area contributed by atoms with Gasteiger partial charge >= 0.3 is 0 Å².